The van der Waals surface area contributed by atoms with Crippen LogP contribution in [0.3, 0.4) is 0 Å². The van der Waals surface area contributed by atoms with Crippen molar-refractivity contribution in [2.75, 3.05) is 6.61 Å². The lowest BCUT2D eigenvalue weighted by Gasteiger charge is -2.10. The normalized spacial score (nSPS) is 11.6. The molecule has 90 valence electrons. The smallest absolute Gasteiger partial charge is 0.308 e. The highest BCUT2D eigenvalue weighted by Crippen LogP contribution is 2.19. The highest BCUT2D eigenvalue weighted by Gasteiger charge is 2.15. The van der Waals surface area contributed by atoms with E-state index in [9.17, 15) is 14.3 Å². The maximum atomic E-state index is 13.1. The Morgan fingerprint density at radius 1 is 1.59 bits per heavy atom. The van der Waals surface area contributed by atoms with Crippen LogP contribution in [-0.4, -0.2) is 17.7 Å². The molecule has 1 N–H and O–H groups in total. The summed E-state index contributed by atoms with van der Waals surface area (Å²) >= 11 is 0. The van der Waals surface area contributed by atoms with Gasteiger partial charge in [0.05, 0.1) is 30.8 Å². The zero-order valence-corrected chi connectivity index (χ0v) is 9.31. The van der Waals surface area contributed by atoms with E-state index in [-0.39, 0.29) is 24.2 Å². The molecule has 5 heteroatoms. The van der Waals surface area contributed by atoms with Crippen molar-refractivity contribution in [2.24, 2.45) is 0 Å². The Balaban J connectivity index is 2.82. The van der Waals surface area contributed by atoms with Gasteiger partial charge in [-0.1, -0.05) is 0 Å². The number of halogens is 1. The van der Waals surface area contributed by atoms with Gasteiger partial charge in [-0.25, -0.2) is 4.39 Å². The van der Waals surface area contributed by atoms with E-state index in [4.69, 9.17) is 5.26 Å². The second-order valence-electron chi connectivity index (χ2n) is 3.41. The molecular formula is C12H12FNO3. The maximum Gasteiger partial charge on any atom is 0.308 e. The Kier molecular flexibility index (Phi) is 4.61. The van der Waals surface area contributed by atoms with Crippen LogP contribution in [0, 0.1) is 17.1 Å². The van der Waals surface area contributed by atoms with Crippen molar-refractivity contribution in [3.8, 4) is 6.07 Å². The van der Waals surface area contributed by atoms with Crippen molar-refractivity contribution in [1.29, 1.82) is 5.26 Å². The molecule has 0 aromatic heterocycles. The summed E-state index contributed by atoms with van der Waals surface area (Å²) in [6.45, 7) is 1.87. The minimum Gasteiger partial charge on any atom is -0.466 e. The van der Waals surface area contributed by atoms with Gasteiger partial charge < -0.3 is 9.84 Å². The molecule has 0 aliphatic heterocycles. The number of nitrogens with zero attached hydrogens (tertiary/aromatic N) is 1. The third-order valence-electron chi connectivity index (χ3n) is 2.10. The summed E-state index contributed by atoms with van der Waals surface area (Å²) < 4.78 is 17.7. The Morgan fingerprint density at radius 2 is 2.29 bits per heavy atom. The van der Waals surface area contributed by atoms with Crippen molar-refractivity contribution in [3.63, 3.8) is 0 Å². The molecule has 0 fully saturated rings. The third kappa shape index (κ3) is 3.85. The molecule has 0 saturated carbocycles. The highest BCUT2D eigenvalue weighted by atomic mass is 19.1. The van der Waals surface area contributed by atoms with Crippen LogP contribution >= 0.6 is 0 Å². The molecule has 1 unspecified atom stereocenters. The standard InChI is InChI=1S/C12H12FNO3/c1-2-17-12(16)6-11(15)9-3-8(7-14)4-10(13)5-9/h3-5,11,15H,2,6H2,1H3. The van der Waals surface area contributed by atoms with Gasteiger partial charge >= 0.3 is 5.97 Å². The summed E-state index contributed by atoms with van der Waals surface area (Å²) in [5.74, 6) is -1.19. The number of aliphatic hydroxyl groups is 1. The first-order valence-corrected chi connectivity index (χ1v) is 5.11. The number of hydrogen-bond donors (Lipinski definition) is 1. The van der Waals surface area contributed by atoms with Gasteiger partial charge in [-0.2, -0.15) is 5.26 Å². The number of ether oxygens (including phenoxy) is 1. The summed E-state index contributed by atoms with van der Waals surface area (Å²) in [5, 5.41) is 18.3. The fourth-order valence-corrected chi connectivity index (χ4v) is 1.36. The van der Waals surface area contributed by atoms with Crippen LogP contribution in [0.5, 0.6) is 0 Å². The van der Waals surface area contributed by atoms with Crippen LogP contribution < -0.4 is 0 Å². The van der Waals surface area contributed by atoms with Gasteiger partial charge in [-0.3, -0.25) is 4.79 Å². The second-order valence-corrected chi connectivity index (χ2v) is 3.41. The Hall–Kier alpha value is -1.93. The molecule has 0 bridgehead atoms. The molecular weight excluding hydrogens is 225 g/mol. The Labute approximate surface area is 98.2 Å². The van der Waals surface area contributed by atoms with E-state index in [1.54, 1.807) is 13.0 Å². The molecule has 0 spiro atoms. The molecule has 1 rings (SSSR count). The van der Waals surface area contributed by atoms with Gasteiger partial charge in [0.2, 0.25) is 0 Å². The van der Waals surface area contributed by atoms with E-state index < -0.39 is 17.9 Å². The number of carbonyl (C=O) groups is 1. The molecule has 0 saturated heterocycles. The predicted octanol–water partition coefficient (Wildman–Crippen LogP) is 1.68. The summed E-state index contributed by atoms with van der Waals surface area (Å²) in [4.78, 5) is 11.1. The number of nitriles is 1. The predicted molar refractivity (Wildman–Crippen MR) is 57.3 cm³/mol. The second kappa shape index (κ2) is 5.97. The number of benzene rings is 1. The average Bonchev–Trinajstić information content (AvgIpc) is 2.28. The highest BCUT2D eigenvalue weighted by molar-refractivity contribution is 5.70. The first kappa shape index (κ1) is 13.1. The van der Waals surface area contributed by atoms with E-state index >= 15 is 0 Å². The minimum atomic E-state index is -1.17. The molecule has 4 nitrogen and oxygen atoms in total. The van der Waals surface area contributed by atoms with Gasteiger partial charge in [0.1, 0.15) is 5.82 Å². The number of hydrogen-bond acceptors (Lipinski definition) is 4. The largest absolute Gasteiger partial charge is 0.466 e. The molecule has 1 aromatic rings. The van der Waals surface area contributed by atoms with Crippen molar-refractivity contribution >= 4 is 5.97 Å². The van der Waals surface area contributed by atoms with Gasteiger partial charge in [0, 0.05) is 0 Å². The third-order valence-corrected chi connectivity index (χ3v) is 2.10. The van der Waals surface area contributed by atoms with Crippen LogP contribution in [0.15, 0.2) is 18.2 Å². The molecule has 1 atom stereocenters. The number of aliphatic hydroxyl groups excluding tert-OH is 1. The van der Waals surface area contributed by atoms with Crippen LogP contribution in [-0.2, 0) is 9.53 Å². The zero-order valence-electron chi connectivity index (χ0n) is 9.31. The lowest BCUT2D eigenvalue weighted by molar-refractivity contribution is -0.145. The lowest BCUT2D eigenvalue weighted by atomic mass is 10.0. The van der Waals surface area contributed by atoms with Crippen molar-refractivity contribution in [1.82, 2.24) is 0 Å². The van der Waals surface area contributed by atoms with Crippen LogP contribution in [0.2, 0.25) is 0 Å². The quantitative estimate of drug-likeness (QED) is 0.809. The number of rotatable bonds is 4. The minimum absolute atomic E-state index is 0.0999. The van der Waals surface area contributed by atoms with Crippen molar-refractivity contribution in [3.05, 3.63) is 35.1 Å². The van der Waals surface area contributed by atoms with Gasteiger partial charge in [0.15, 0.2) is 0 Å². The van der Waals surface area contributed by atoms with Crippen molar-refractivity contribution < 1.29 is 19.0 Å². The first-order valence-electron chi connectivity index (χ1n) is 5.11. The average molecular weight is 237 g/mol. The van der Waals surface area contributed by atoms with E-state index in [1.807, 2.05) is 0 Å². The molecule has 0 heterocycles. The molecule has 17 heavy (non-hydrogen) atoms. The van der Waals surface area contributed by atoms with Crippen LogP contribution in [0.25, 0.3) is 0 Å². The topological polar surface area (TPSA) is 70.3 Å². The fraction of sp³-hybridized carbons (Fsp3) is 0.333. The van der Waals surface area contributed by atoms with E-state index in [2.05, 4.69) is 4.74 Å². The summed E-state index contributed by atoms with van der Waals surface area (Å²) in [6.07, 6.45) is -1.43. The van der Waals surface area contributed by atoms with Crippen molar-refractivity contribution in [2.45, 2.75) is 19.4 Å². The SMILES string of the molecule is CCOC(=O)CC(O)c1cc(F)cc(C#N)c1. The Bertz CT molecular complexity index is 454. The van der Waals surface area contributed by atoms with E-state index in [0.29, 0.717) is 0 Å². The van der Waals surface area contributed by atoms with Gasteiger partial charge in [0.25, 0.3) is 0 Å². The van der Waals surface area contributed by atoms with Crippen LogP contribution in [0.4, 0.5) is 4.39 Å². The molecule has 0 aliphatic carbocycles. The first-order chi connectivity index (χ1) is 8.06. The summed E-state index contributed by atoms with van der Waals surface area (Å²) in [7, 11) is 0. The van der Waals surface area contributed by atoms with E-state index in [1.165, 1.54) is 6.07 Å². The molecule has 0 radical (unpaired) electrons. The Morgan fingerprint density at radius 3 is 2.88 bits per heavy atom. The fourth-order valence-electron chi connectivity index (χ4n) is 1.36. The lowest BCUT2D eigenvalue weighted by Crippen LogP contribution is -2.10. The molecule has 0 amide bonds. The monoisotopic (exact) mass is 237 g/mol. The van der Waals surface area contributed by atoms with Gasteiger partial charge in [-0.05, 0) is 30.7 Å². The maximum absolute atomic E-state index is 13.1. The molecule has 1 aromatic carbocycles. The summed E-state index contributed by atoms with van der Waals surface area (Å²) in [6, 6.07) is 5.26. The zero-order chi connectivity index (χ0) is 12.8. The van der Waals surface area contributed by atoms with Gasteiger partial charge in [-0.15, -0.1) is 0 Å². The number of esters is 1. The van der Waals surface area contributed by atoms with Crippen LogP contribution in [0.1, 0.15) is 30.6 Å². The number of carbonyl (C=O) groups excluding carboxylic acids is 1. The summed E-state index contributed by atoms with van der Waals surface area (Å²) in [5.41, 5.74) is 0.289. The van der Waals surface area contributed by atoms with E-state index in [0.717, 1.165) is 12.1 Å². The molecule has 0 aliphatic rings.